The Kier molecular flexibility index (Phi) is 12.1. The number of aromatic nitrogens is 1. The van der Waals surface area contributed by atoms with Gasteiger partial charge < -0.3 is 24.6 Å². The van der Waals surface area contributed by atoms with Gasteiger partial charge in [0.1, 0.15) is 29.2 Å². The van der Waals surface area contributed by atoms with Gasteiger partial charge in [-0.05, 0) is 55.4 Å². The number of amides is 4. The molecule has 4 amide bonds. The van der Waals surface area contributed by atoms with Crippen LogP contribution in [0.15, 0.2) is 102 Å². The molecule has 0 bridgehead atoms. The molecule has 7 rings (SSSR count). The molecule has 2 aliphatic heterocycles. The molecule has 3 aromatic carbocycles. The molecular weight excluding hydrogens is 783 g/mol. The van der Waals surface area contributed by atoms with E-state index in [4.69, 9.17) is 14.5 Å². The Balaban J connectivity index is 1.22. The number of methoxy groups -OCH3 is 1. The summed E-state index contributed by atoms with van der Waals surface area (Å²) in [5.74, 6) is -2.28. The van der Waals surface area contributed by atoms with E-state index in [1.165, 1.54) is 23.1 Å². The van der Waals surface area contributed by atoms with E-state index >= 15 is 0 Å². The Morgan fingerprint density at radius 3 is 2.28 bits per heavy atom. The highest BCUT2D eigenvalue weighted by atomic mass is 32.2. The average Bonchev–Trinajstić information content (AvgIpc) is 3.81. The first kappa shape index (κ1) is 42.4. The quantitative estimate of drug-likeness (QED) is 0.156. The van der Waals surface area contributed by atoms with Crippen molar-refractivity contribution in [1.82, 2.24) is 24.8 Å². The van der Waals surface area contributed by atoms with Crippen molar-refractivity contribution in [2.75, 3.05) is 26.7 Å². The minimum atomic E-state index is -4.27. The van der Waals surface area contributed by atoms with Crippen molar-refractivity contribution in [3.63, 3.8) is 0 Å². The van der Waals surface area contributed by atoms with Gasteiger partial charge in [0, 0.05) is 54.9 Å². The predicted octanol–water partition coefficient (Wildman–Crippen LogP) is 5.89. The summed E-state index contributed by atoms with van der Waals surface area (Å²) in [5.41, 5.74) is -0.147. The number of nitrogens with one attached hydrogen (secondary N) is 2. The molecular formula is C46H53N5O8S. The zero-order chi connectivity index (χ0) is 42.8. The molecule has 316 valence electrons. The summed E-state index contributed by atoms with van der Waals surface area (Å²) in [6, 6.07) is 23.3. The first-order chi connectivity index (χ1) is 28.6. The summed E-state index contributed by atoms with van der Waals surface area (Å²) >= 11 is 0. The first-order valence-electron chi connectivity index (χ1n) is 20.5. The van der Waals surface area contributed by atoms with E-state index in [0.29, 0.717) is 41.2 Å². The summed E-state index contributed by atoms with van der Waals surface area (Å²) < 4.78 is 40.9. The summed E-state index contributed by atoms with van der Waals surface area (Å²) in [5, 5.41) is 3.56. The highest BCUT2D eigenvalue weighted by molar-refractivity contribution is 7.90. The number of pyridine rings is 1. The van der Waals surface area contributed by atoms with Gasteiger partial charge in [0.15, 0.2) is 0 Å². The molecule has 1 aromatic heterocycles. The molecule has 2 N–H and O–H groups in total. The van der Waals surface area contributed by atoms with Gasteiger partial charge in [0.2, 0.25) is 17.7 Å². The number of nitrogens with zero attached hydrogens (tertiary/aromatic N) is 3. The Bertz CT molecular complexity index is 2380. The first-order valence-corrected chi connectivity index (χ1v) is 22.0. The minimum absolute atomic E-state index is 0.00845. The molecule has 2 saturated heterocycles. The number of ether oxygens (including phenoxy) is 2. The highest BCUT2D eigenvalue weighted by Crippen LogP contribution is 2.46. The molecule has 0 unspecified atom stereocenters. The fourth-order valence-electron chi connectivity index (χ4n) is 8.33. The van der Waals surface area contributed by atoms with Crippen LogP contribution >= 0.6 is 0 Å². The van der Waals surface area contributed by atoms with Crippen LogP contribution in [0.25, 0.3) is 22.2 Å². The van der Waals surface area contributed by atoms with Crippen LogP contribution < -0.4 is 19.5 Å². The second-order valence-corrected chi connectivity index (χ2v) is 18.7. The molecule has 5 atom stereocenters. The number of fused-ring (bicyclic) bond motifs is 1. The zero-order valence-electron chi connectivity index (χ0n) is 34.6. The molecule has 0 spiro atoms. The molecule has 3 heterocycles. The molecule has 1 saturated carbocycles. The van der Waals surface area contributed by atoms with Crippen LogP contribution in [-0.2, 0) is 29.2 Å². The van der Waals surface area contributed by atoms with E-state index in [-0.39, 0.29) is 42.5 Å². The van der Waals surface area contributed by atoms with Gasteiger partial charge in [-0.3, -0.25) is 19.2 Å². The molecule has 13 nitrogen and oxygen atoms in total. The monoisotopic (exact) mass is 835 g/mol. The van der Waals surface area contributed by atoms with Gasteiger partial charge >= 0.3 is 0 Å². The summed E-state index contributed by atoms with van der Waals surface area (Å²) in [4.78, 5) is 65.3. The van der Waals surface area contributed by atoms with Crippen LogP contribution in [0.1, 0.15) is 59.3 Å². The number of rotatable bonds is 13. The van der Waals surface area contributed by atoms with Gasteiger partial charge in [-0.1, -0.05) is 75.4 Å². The van der Waals surface area contributed by atoms with Crippen molar-refractivity contribution < 1.29 is 37.1 Å². The third-order valence-electron chi connectivity index (χ3n) is 12.0. The normalized spacial score (nSPS) is 22.1. The van der Waals surface area contributed by atoms with Crippen LogP contribution in [0.3, 0.4) is 0 Å². The fraction of sp³-hybridized carbons (Fsp3) is 0.413. The molecule has 1 aliphatic carbocycles. The number of benzene rings is 3. The largest absolute Gasteiger partial charge is 0.497 e. The molecule has 3 fully saturated rings. The van der Waals surface area contributed by atoms with Crippen LogP contribution in [0.4, 0.5) is 0 Å². The highest BCUT2D eigenvalue weighted by Gasteiger charge is 2.61. The maximum absolute atomic E-state index is 14.9. The van der Waals surface area contributed by atoms with Gasteiger partial charge in [-0.15, -0.1) is 6.58 Å². The Hall–Kier alpha value is -5.76. The predicted molar refractivity (Wildman–Crippen MR) is 227 cm³/mol. The van der Waals surface area contributed by atoms with Crippen molar-refractivity contribution in [1.29, 1.82) is 0 Å². The second-order valence-electron chi connectivity index (χ2n) is 17.1. The number of sulfonamides is 1. The lowest BCUT2D eigenvalue weighted by Gasteiger charge is -2.36. The Morgan fingerprint density at radius 2 is 1.65 bits per heavy atom. The van der Waals surface area contributed by atoms with Crippen LogP contribution in [0.5, 0.6) is 11.5 Å². The molecule has 14 heteroatoms. The standard InChI is InChI=1S/C46H53N5O8S/c1-6-31-28-46(31,44(55)49-60(56,57)34-18-12-8-13-19-34)48-42(53)39-25-33(29-51(39)43(54)36(45(2,3)4)26-41(52)50-22-14-9-15-23-50)59-40-27-37(30-16-10-7-11-17-30)47-38-24-32(58-5)20-21-35(38)40/h6-8,10-13,16-21,24,27,31,33,36,39H,1,9,14-15,22-23,25-26,28-29H2,2-5H3,(H,48,53)(H,49,55)/t31-,33+,36+,39-,46+/m0/s1. The summed E-state index contributed by atoms with van der Waals surface area (Å²) in [7, 11) is -2.69. The van der Waals surface area contributed by atoms with Crippen LogP contribution in [-0.4, -0.2) is 91.3 Å². The van der Waals surface area contributed by atoms with Crippen LogP contribution in [0, 0.1) is 17.3 Å². The smallest absolute Gasteiger partial charge is 0.264 e. The second kappa shape index (κ2) is 17.1. The van der Waals surface area contributed by atoms with Crippen molar-refractivity contribution in [3.05, 3.63) is 97.6 Å². The van der Waals surface area contributed by atoms with Crippen molar-refractivity contribution in [3.8, 4) is 22.8 Å². The minimum Gasteiger partial charge on any atom is -0.497 e. The van der Waals surface area contributed by atoms with Crippen molar-refractivity contribution in [2.45, 2.75) is 81.9 Å². The fourth-order valence-corrected chi connectivity index (χ4v) is 9.39. The maximum Gasteiger partial charge on any atom is 0.264 e. The van der Waals surface area contributed by atoms with Gasteiger partial charge in [0.05, 0.1) is 35.7 Å². The lowest BCUT2D eigenvalue weighted by Crippen LogP contribution is -2.57. The topological polar surface area (TPSA) is 164 Å². The molecule has 60 heavy (non-hydrogen) atoms. The molecule has 3 aliphatic rings. The van der Waals surface area contributed by atoms with E-state index in [1.54, 1.807) is 31.4 Å². The average molecular weight is 836 g/mol. The number of carbonyl (C=O) groups excluding carboxylic acids is 4. The number of hydrogen-bond acceptors (Lipinski definition) is 9. The number of likely N-dealkylation sites (tertiary alicyclic amines) is 2. The number of hydrogen-bond donors (Lipinski definition) is 2. The van der Waals surface area contributed by atoms with E-state index in [1.807, 2.05) is 74.2 Å². The third kappa shape index (κ3) is 8.89. The maximum atomic E-state index is 14.9. The molecule has 4 aromatic rings. The summed E-state index contributed by atoms with van der Waals surface area (Å²) in [6.45, 7) is 10.8. The molecule has 0 radical (unpaired) electrons. The van der Waals surface area contributed by atoms with Gasteiger partial charge in [-0.2, -0.15) is 0 Å². The van der Waals surface area contributed by atoms with E-state index in [0.717, 1.165) is 24.8 Å². The zero-order valence-corrected chi connectivity index (χ0v) is 35.4. The van der Waals surface area contributed by atoms with E-state index < -0.39 is 56.8 Å². The van der Waals surface area contributed by atoms with Crippen molar-refractivity contribution in [2.24, 2.45) is 17.3 Å². The lowest BCUT2D eigenvalue weighted by molar-refractivity contribution is -0.148. The van der Waals surface area contributed by atoms with Crippen molar-refractivity contribution >= 4 is 44.6 Å². The number of piperidine rings is 1. The van der Waals surface area contributed by atoms with Crippen LogP contribution in [0.2, 0.25) is 0 Å². The Labute approximate surface area is 351 Å². The van der Waals surface area contributed by atoms with Gasteiger partial charge in [0.25, 0.3) is 15.9 Å². The van der Waals surface area contributed by atoms with E-state index in [9.17, 15) is 27.6 Å². The van der Waals surface area contributed by atoms with E-state index in [2.05, 4.69) is 16.6 Å². The SMILES string of the molecule is C=C[C@H]1C[C@]1(NC(=O)[C@@H]1C[C@@H](Oc2cc(-c3ccccc3)nc3cc(OC)ccc23)CN1C(=O)[C@@H](CC(=O)N1CCCCC1)C(C)(C)C)C(=O)NS(=O)(=O)c1ccccc1. The summed E-state index contributed by atoms with van der Waals surface area (Å²) in [6.07, 6.45) is 3.81. The van der Waals surface area contributed by atoms with Gasteiger partial charge in [-0.25, -0.2) is 18.1 Å². The Morgan fingerprint density at radius 1 is 0.967 bits per heavy atom. The number of carbonyl (C=O) groups is 4. The third-order valence-corrected chi connectivity index (χ3v) is 13.3. The lowest BCUT2D eigenvalue weighted by atomic mass is 9.77.